The third kappa shape index (κ3) is 4.07. The van der Waals surface area contributed by atoms with E-state index in [9.17, 15) is 5.11 Å². The average Bonchev–Trinajstić information content (AvgIpc) is 2.47. The van der Waals surface area contributed by atoms with Gasteiger partial charge in [0.2, 0.25) is 0 Å². The Morgan fingerprint density at radius 3 is 1.80 bits per heavy atom. The van der Waals surface area contributed by atoms with Gasteiger partial charge < -0.3 is 5.11 Å². The molecule has 0 aromatic heterocycles. The highest BCUT2D eigenvalue weighted by molar-refractivity contribution is 5.54. The van der Waals surface area contributed by atoms with Crippen LogP contribution in [0.4, 0.5) is 0 Å². The van der Waals surface area contributed by atoms with Crippen LogP contribution in [0.15, 0.2) is 42.5 Å². The molecule has 2 nitrogen and oxygen atoms in total. The molecule has 0 amide bonds. The van der Waals surface area contributed by atoms with E-state index >= 15 is 0 Å². The van der Waals surface area contributed by atoms with E-state index in [1.807, 2.05) is 6.07 Å². The van der Waals surface area contributed by atoms with Crippen molar-refractivity contribution in [3.63, 3.8) is 0 Å². The lowest BCUT2D eigenvalue weighted by molar-refractivity contribution is 0.328. The number of rotatable bonds is 3. The van der Waals surface area contributed by atoms with Gasteiger partial charge in [0, 0.05) is 11.1 Å². The summed E-state index contributed by atoms with van der Waals surface area (Å²) in [5, 5.41) is 11.3. The molecular formula is C23H33NO. The van der Waals surface area contributed by atoms with E-state index in [1.54, 1.807) is 0 Å². The molecule has 1 unspecified atom stereocenters. The Morgan fingerprint density at radius 1 is 0.800 bits per heavy atom. The smallest absolute Gasteiger partial charge is 0.124 e. The maximum absolute atomic E-state index is 11.3. The molecule has 0 aliphatic carbocycles. The summed E-state index contributed by atoms with van der Waals surface area (Å²) in [6, 6.07) is 14.7. The second kappa shape index (κ2) is 6.84. The van der Waals surface area contributed by atoms with Crippen LogP contribution in [-0.4, -0.2) is 24.1 Å². The van der Waals surface area contributed by atoms with Gasteiger partial charge in [-0.3, -0.25) is 4.90 Å². The van der Waals surface area contributed by atoms with Crippen LogP contribution >= 0.6 is 0 Å². The number of hydrogen-bond acceptors (Lipinski definition) is 2. The molecule has 0 bridgehead atoms. The zero-order valence-corrected chi connectivity index (χ0v) is 17.0. The minimum atomic E-state index is -0.129. The normalized spacial score (nSPS) is 14.0. The van der Waals surface area contributed by atoms with Gasteiger partial charge in [-0.2, -0.15) is 0 Å². The molecule has 0 saturated heterocycles. The van der Waals surface area contributed by atoms with E-state index in [2.05, 4.69) is 96.9 Å². The highest BCUT2D eigenvalue weighted by atomic mass is 16.3. The van der Waals surface area contributed by atoms with Gasteiger partial charge in [-0.15, -0.1) is 0 Å². The first-order valence-corrected chi connectivity index (χ1v) is 9.02. The maximum Gasteiger partial charge on any atom is 0.124 e. The van der Waals surface area contributed by atoms with Gasteiger partial charge >= 0.3 is 0 Å². The Morgan fingerprint density at radius 2 is 1.36 bits per heavy atom. The SMILES string of the molecule is CN(C)C(c1ccccc1)c1ccc(C(C)(C)C)c(C(C)(C)C)c1O. The molecule has 2 heteroatoms. The van der Waals surface area contributed by atoms with Crippen LogP contribution < -0.4 is 0 Å². The fraction of sp³-hybridized carbons (Fsp3) is 0.478. The molecule has 0 aliphatic rings. The molecule has 1 N–H and O–H groups in total. The summed E-state index contributed by atoms with van der Waals surface area (Å²) >= 11 is 0. The average molecular weight is 340 g/mol. The molecule has 2 rings (SSSR count). The van der Waals surface area contributed by atoms with E-state index < -0.39 is 0 Å². The van der Waals surface area contributed by atoms with Gasteiger partial charge in [-0.1, -0.05) is 84.0 Å². The van der Waals surface area contributed by atoms with Crippen LogP contribution in [0.2, 0.25) is 0 Å². The highest BCUT2D eigenvalue weighted by Crippen LogP contribution is 2.44. The number of phenolic OH excluding ortho intramolecular Hbond substituents is 1. The lowest BCUT2D eigenvalue weighted by Crippen LogP contribution is -2.25. The first kappa shape index (κ1) is 19.5. The topological polar surface area (TPSA) is 23.5 Å². The summed E-state index contributed by atoms with van der Waals surface area (Å²) in [5.74, 6) is 0.433. The molecule has 25 heavy (non-hydrogen) atoms. The van der Waals surface area contributed by atoms with Crippen molar-refractivity contribution < 1.29 is 5.11 Å². The highest BCUT2D eigenvalue weighted by Gasteiger charge is 2.31. The van der Waals surface area contributed by atoms with Crippen molar-refractivity contribution in [2.45, 2.75) is 58.4 Å². The van der Waals surface area contributed by atoms with Crippen molar-refractivity contribution in [2.75, 3.05) is 14.1 Å². The Kier molecular flexibility index (Phi) is 5.34. The number of nitrogens with zero attached hydrogens (tertiary/aromatic N) is 1. The second-order valence-electron chi connectivity index (χ2n) is 9.20. The molecule has 0 radical (unpaired) electrons. The van der Waals surface area contributed by atoms with Crippen LogP contribution in [-0.2, 0) is 10.8 Å². The third-order valence-electron chi connectivity index (χ3n) is 4.69. The van der Waals surface area contributed by atoms with Crippen LogP contribution in [0.5, 0.6) is 5.75 Å². The molecule has 0 heterocycles. The lowest BCUT2D eigenvalue weighted by Gasteiger charge is -2.34. The number of aromatic hydroxyl groups is 1. The first-order valence-electron chi connectivity index (χ1n) is 9.02. The summed E-state index contributed by atoms with van der Waals surface area (Å²) in [6.45, 7) is 13.1. The fourth-order valence-corrected chi connectivity index (χ4v) is 3.60. The summed E-state index contributed by atoms with van der Waals surface area (Å²) in [5.41, 5.74) is 4.28. The minimum Gasteiger partial charge on any atom is -0.507 e. The van der Waals surface area contributed by atoms with Crippen molar-refractivity contribution in [3.05, 3.63) is 64.7 Å². The van der Waals surface area contributed by atoms with Crippen molar-refractivity contribution in [1.82, 2.24) is 4.90 Å². The lowest BCUT2D eigenvalue weighted by atomic mass is 9.73. The number of benzene rings is 2. The van der Waals surface area contributed by atoms with E-state index in [0.717, 1.165) is 11.1 Å². The van der Waals surface area contributed by atoms with E-state index in [0.29, 0.717) is 5.75 Å². The van der Waals surface area contributed by atoms with Crippen molar-refractivity contribution in [2.24, 2.45) is 0 Å². The van der Waals surface area contributed by atoms with Crippen molar-refractivity contribution in [1.29, 1.82) is 0 Å². The first-order chi connectivity index (χ1) is 11.4. The molecule has 2 aromatic carbocycles. The van der Waals surface area contributed by atoms with Crippen LogP contribution in [0.3, 0.4) is 0 Å². The Balaban J connectivity index is 2.74. The number of phenols is 1. The molecule has 136 valence electrons. The van der Waals surface area contributed by atoms with Gasteiger partial charge in [-0.25, -0.2) is 0 Å². The maximum atomic E-state index is 11.3. The van der Waals surface area contributed by atoms with E-state index in [-0.39, 0.29) is 16.9 Å². The zero-order valence-electron chi connectivity index (χ0n) is 17.0. The van der Waals surface area contributed by atoms with Gasteiger partial charge in [0.15, 0.2) is 0 Å². The molecule has 1 atom stereocenters. The summed E-state index contributed by atoms with van der Waals surface area (Å²) in [7, 11) is 4.12. The third-order valence-corrected chi connectivity index (χ3v) is 4.69. The predicted molar refractivity (Wildman–Crippen MR) is 107 cm³/mol. The Hall–Kier alpha value is -1.80. The summed E-state index contributed by atoms with van der Waals surface area (Å²) < 4.78 is 0. The summed E-state index contributed by atoms with van der Waals surface area (Å²) in [4.78, 5) is 2.16. The molecule has 0 saturated carbocycles. The van der Waals surface area contributed by atoms with E-state index in [4.69, 9.17) is 0 Å². The van der Waals surface area contributed by atoms with Crippen molar-refractivity contribution >= 4 is 0 Å². The second-order valence-corrected chi connectivity index (χ2v) is 9.20. The van der Waals surface area contributed by atoms with Gasteiger partial charge in [0.25, 0.3) is 0 Å². The predicted octanol–water partition coefficient (Wildman–Crippen LogP) is 5.64. The van der Waals surface area contributed by atoms with Gasteiger partial charge in [-0.05, 0) is 36.1 Å². The molecule has 2 aromatic rings. The van der Waals surface area contributed by atoms with Crippen LogP contribution in [0.1, 0.15) is 69.8 Å². The Labute approximate surface area is 153 Å². The quantitative estimate of drug-likeness (QED) is 0.782. The van der Waals surface area contributed by atoms with Crippen molar-refractivity contribution in [3.8, 4) is 5.75 Å². The molecule has 0 aliphatic heterocycles. The standard InChI is InChI=1S/C23H33NO/c1-22(2,3)18-15-14-17(21(25)19(18)23(4,5)6)20(24(7)8)16-12-10-9-11-13-16/h9-15,20,25H,1-8H3. The minimum absolute atomic E-state index is 0.0149. The molecule has 0 spiro atoms. The van der Waals surface area contributed by atoms with Gasteiger partial charge in [0.05, 0.1) is 6.04 Å². The van der Waals surface area contributed by atoms with Gasteiger partial charge in [0.1, 0.15) is 5.75 Å². The van der Waals surface area contributed by atoms with E-state index in [1.165, 1.54) is 11.1 Å². The van der Waals surface area contributed by atoms with Crippen LogP contribution in [0.25, 0.3) is 0 Å². The molecular weight excluding hydrogens is 306 g/mol. The Bertz CT molecular complexity index is 718. The van der Waals surface area contributed by atoms with Crippen LogP contribution in [0, 0.1) is 0 Å². The molecule has 0 fully saturated rings. The summed E-state index contributed by atoms with van der Waals surface area (Å²) in [6.07, 6.45) is 0. The fourth-order valence-electron chi connectivity index (χ4n) is 3.60. The monoisotopic (exact) mass is 339 g/mol. The zero-order chi connectivity index (χ0) is 19.0. The number of hydrogen-bond donors (Lipinski definition) is 1. The largest absolute Gasteiger partial charge is 0.507 e.